The van der Waals surface area contributed by atoms with Crippen LogP contribution in [0.25, 0.3) is 11.1 Å². The van der Waals surface area contributed by atoms with E-state index in [1.54, 1.807) is 6.26 Å². The van der Waals surface area contributed by atoms with Gasteiger partial charge in [0.15, 0.2) is 0 Å². The van der Waals surface area contributed by atoms with Gasteiger partial charge in [-0.1, -0.05) is 78.9 Å². The lowest BCUT2D eigenvalue weighted by Crippen LogP contribution is -2.11. The zero-order valence-electron chi connectivity index (χ0n) is 17.3. The molecule has 3 heteroatoms. The van der Waals surface area contributed by atoms with Crippen LogP contribution >= 0.6 is 0 Å². The molecule has 152 valence electrons. The maximum Gasteiger partial charge on any atom is 0.225 e. The SMILES string of the molecule is C/C(=C\Oc1ccccc1)C(=Nc1ccccc1)Oc1cccc(-c2ccccc2)c1. The van der Waals surface area contributed by atoms with Crippen LogP contribution in [-0.2, 0) is 0 Å². The number of nitrogens with zero attached hydrogens (tertiary/aromatic N) is 1. The fraction of sp³-hybridized carbons (Fsp3) is 0.0357. The number of para-hydroxylation sites is 2. The van der Waals surface area contributed by atoms with Crippen LogP contribution in [-0.4, -0.2) is 5.90 Å². The Morgan fingerprint density at radius 2 is 1.23 bits per heavy atom. The van der Waals surface area contributed by atoms with Crippen LogP contribution in [0, 0.1) is 0 Å². The van der Waals surface area contributed by atoms with E-state index in [1.165, 1.54) is 0 Å². The van der Waals surface area contributed by atoms with Crippen molar-refractivity contribution in [2.75, 3.05) is 0 Å². The number of hydrogen-bond donors (Lipinski definition) is 0. The first kappa shape index (κ1) is 20.2. The highest BCUT2D eigenvalue weighted by Gasteiger charge is 2.09. The van der Waals surface area contributed by atoms with Crippen LogP contribution in [0.2, 0.25) is 0 Å². The second-order valence-corrected chi connectivity index (χ2v) is 6.98. The second-order valence-electron chi connectivity index (χ2n) is 6.98. The van der Waals surface area contributed by atoms with Gasteiger partial charge in [-0.2, -0.15) is 0 Å². The van der Waals surface area contributed by atoms with Crippen LogP contribution in [0.15, 0.2) is 132 Å². The summed E-state index contributed by atoms with van der Waals surface area (Å²) in [5.74, 6) is 1.95. The molecule has 0 heterocycles. The minimum atomic E-state index is 0.479. The molecule has 0 bridgehead atoms. The summed E-state index contributed by atoms with van der Waals surface area (Å²) in [4.78, 5) is 4.71. The summed E-state index contributed by atoms with van der Waals surface area (Å²) in [6.07, 6.45) is 1.66. The molecule has 0 aliphatic heterocycles. The van der Waals surface area contributed by atoms with Gasteiger partial charge >= 0.3 is 0 Å². The van der Waals surface area contributed by atoms with E-state index in [4.69, 9.17) is 14.5 Å². The Morgan fingerprint density at radius 1 is 0.645 bits per heavy atom. The number of rotatable bonds is 6. The van der Waals surface area contributed by atoms with Gasteiger partial charge in [-0.3, -0.25) is 0 Å². The van der Waals surface area contributed by atoms with Gasteiger partial charge in [0, 0.05) is 5.57 Å². The molecular weight excluding hydrogens is 382 g/mol. The summed E-state index contributed by atoms with van der Waals surface area (Å²) in [5.41, 5.74) is 3.80. The first-order valence-electron chi connectivity index (χ1n) is 10.1. The maximum absolute atomic E-state index is 6.23. The van der Waals surface area contributed by atoms with Crippen molar-refractivity contribution in [3.8, 4) is 22.6 Å². The molecule has 0 unspecified atom stereocenters. The van der Waals surface area contributed by atoms with E-state index in [9.17, 15) is 0 Å². The van der Waals surface area contributed by atoms with Crippen molar-refractivity contribution < 1.29 is 9.47 Å². The molecule has 0 spiro atoms. The smallest absolute Gasteiger partial charge is 0.225 e. The molecule has 0 saturated carbocycles. The number of benzene rings is 4. The number of hydrogen-bond acceptors (Lipinski definition) is 3. The Hall–Kier alpha value is -4.11. The largest absolute Gasteiger partial charge is 0.465 e. The Balaban J connectivity index is 1.63. The number of ether oxygens (including phenoxy) is 2. The van der Waals surface area contributed by atoms with Crippen LogP contribution in [0.4, 0.5) is 5.69 Å². The van der Waals surface area contributed by atoms with Gasteiger partial charge in [0.25, 0.3) is 0 Å². The van der Waals surface area contributed by atoms with Crippen molar-refractivity contribution in [2.24, 2.45) is 4.99 Å². The van der Waals surface area contributed by atoms with Crippen molar-refractivity contribution >= 4 is 11.6 Å². The van der Waals surface area contributed by atoms with Crippen LogP contribution in [0.3, 0.4) is 0 Å². The third kappa shape index (κ3) is 5.71. The van der Waals surface area contributed by atoms with Gasteiger partial charge in [-0.25, -0.2) is 4.99 Å². The molecule has 0 aliphatic rings. The standard InChI is InChI=1S/C28H23NO2/c1-22(21-30-26-17-9-4-10-18-26)28(29-25-15-7-3-8-16-25)31-27-19-11-14-24(20-27)23-12-5-2-6-13-23/h2-21H,1H3/b22-21+,29-28?. The van der Waals surface area contributed by atoms with E-state index in [-0.39, 0.29) is 0 Å². The molecule has 3 nitrogen and oxygen atoms in total. The predicted octanol–water partition coefficient (Wildman–Crippen LogP) is 7.45. The van der Waals surface area contributed by atoms with E-state index in [0.717, 1.165) is 28.1 Å². The van der Waals surface area contributed by atoms with E-state index >= 15 is 0 Å². The molecule has 0 saturated heterocycles. The maximum atomic E-state index is 6.23. The molecule has 0 fully saturated rings. The zero-order chi connectivity index (χ0) is 21.3. The molecule has 4 rings (SSSR count). The third-order valence-corrected chi connectivity index (χ3v) is 4.59. The van der Waals surface area contributed by atoms with Crippen LogP contribution < -0.4 is 9.47 Å². The van der Waals surface area contributed by atoms with Crippen molar-refractivity contribution in [1.82, 2.24) is 0 Å². The monoisotopic (exact) mass is 405 g/mol. The third-order valence-electron chi connectivity index (χ3n) is 4.59. The van der Waals surface area contributed by atoms with Crippen LogP contribution in [0.1, 0.15) is 6.92 Å². The van der Waals surface area contributed by atoms with Crippen molar-refractivity contribution in [2.45, 2.75) is 6.92 Å². The van der Waals surface area contributed by atoms with E-state index in [1.807, 2.05) is 104 Å². The van der Waals surface area contributed by atoms with E-state index in [2.05, 4.69) is 18.2 Å². The lowest BCUT2D eigenvalue weighted by molar-refractivity contribution is 0.473. The Kier molecular flexibility index (Phi) is 6.56. The van der Waals surface area contributed by atoms with Gasteiger partial charge in [0.05, 0.1) is 11.9 Å². The molecule has 4 aromatic carbocycles. The van der Waals surface area contributed by atoms with E-state index < -0.39 is 0 Å². The highest BCUT2D eigenvalue weighted by molar-refractivity contribution is 5.96. The molecule has 31 heavy (non-hydrogen) atoms. The fourth-order valence-electron chi connectivity index (χ4n) is 3.00. The minimum Gasteiger partial charge on any atom is -0.465 e. The summed E-state index contributed by atoms with van der Waals surface area (Å²) < 4.78 is 12.0. The minimum absolute atomic E-state index is 0.479. The van der Waals surface area contributed by atoms with Crippen molar-refractivity contribution in [1.29, 1.82) is 0 Å². The Morgan fingerprint density at radius 3 is 1.94 bits per heavy atom. The molecule has 0 aliphatic carbocycles. The van der Waals surface area contributed by atoms with E-state index in [0.29, 0.717) is 11.6 Å². The quantitative estimate of drug-likeness (QED) is 0.189. The first-order valence-corrected chi connectivity index (χ1v) is 10.1. The number of aliphatic imine (C=N–C) groups is 1. The molecule has 0 atom stereocenters. The normalized spacial score (nSPS) is 11.8. The summed E-state index contributed by atoms with van der Waals surface area (Å²) in [5, 5.41) is 0. The topological polar surface area (TPSA) is 30.8 Å². The summed E-state index contributed by atoms with van der Waals surface area (Å²) in [6, 6.07) is 37.6. The average molecular weight is 405 g/mol. The molecule has 0 aromatic heterocycles. The molecule has 0 amide bonds. The van der Waals surface area contributed by atoms with Gasteiger partial charge in [-0.15, -0.1) is 0 Å². The van der Waals surface area contributed by atoms with Gasteiger partial charge in [0.1, 0.15) is 11.5 Å². The van der Waals surface area contributed by atoms with Crippen LogP contribution in [0.5, 0.6) is 11.5 Å². The summed E-state index contributed by atoms with van der Waals surface area (Å²) >= 11 is 0. The fourth-order valence-corrected chi connectivity index (χ4v) is 3.00. The van der Waals surface area contributed by atoms with Gasteiger partial charge in [0.2, 0.25) is 5.90 Å². The zero-order valence-corrected chi connectivity index (χ0v) is 17.3. The molecule has 0 N–H and O–H groups in total. The Labute approximate surface area is 182 Å². The highest BCUT2D eigenvalue weighted by Crippen LogP contribution is 2.25. The lowest BCUT2D eigenvalue weighted by Gasteiger charge is -2.11. The predicted molar refractivity (Wildman–Crippen MR) is 127 cm³/mol. The van der Waals surface area contributed by atoms with Gasteiger partial charge < -0.3 is 9.47 Å². The average Bonchev–Trinajstić information content (AvgIpc) is 2.84. The second kappa shape index (κ2) is 10.1. The summed E-state index contributed by atoms with van der Waals surface area (Å²) in [7, 11) is 0. The van der Waals surface area contributed by atoms with Gasteiger partial charge in [-0.05, 0) is 54.4 Å². The lowest BCUT2D eigenvalue weighted by atomic mass is 10.1. The van der Waals surface area contributed by atoms with Crippen molar-refractivity contribution in [3.63, 3.8) is 0 Å². The molecule has 4 aromatic rings. The highest BCUT2D eigenvalue weighted by atomic mass is 16.5. The Bertz CT molecular complexity index is 1170. The van der Waals surface area contributed by atoms with Crippen molar-refractivity contribution in [3.05, 3.63) is 127 Å². The first-order chi connectivity index (χ1) is 15.3. The summed E-state index contributed by atoms with van der Waals surface area (Å²) in [6.45, 7) is 1.92. The molecule has 0 radical (unpaired) electrons. The molecular formula is C28H23NO2.